The summed E-state index contributed by atoms with van der Waals surface area (Å²) in [4.78, 5) is 10.8. The van der Waals surface area contributed by atoms with Crippen LogP contribution in [-0.4, -0.2) is 29.5 Å². The third-order valence-corrected chi connectivity index (χ3v) is 3.25. The Morgan fingerprint density at radius 3 is 2.82 bits per heavy atom. The second-order valence-electron chi connectivity index (χ2n) is 4.28. The molecular weight excluding hydrogens is 220 g/mol. The van der Waals surface area contributed by atoms with Gasteiger partial charge in [0.15, 0.2) is 0 Å². The van der Waals surface area contributed by atoms with Crippen LogP contribution in [0.15, 0.2) is 24.3 Å². The van der Waals surface area contributed by atoms with Crippen LogP contribution in [0.1, 0.15) is 24.3 Å². The Morgan fingerprint density at radius 1 is 1.53 bits per heavy atom. The first kappa shape index (κ1) is 11.7. The molecule has 3 N–H and O–H groups in total. The van der Waals surface area contributed by atoms with Crippen LogP contribution >= 0.6 is 0 Å². The summed E-state index contributed by atoms with van der Waals surface area (Å²) in [7, 11) is 1.63. The molecule has 0 radical (unpaired) electrons. The summed E-state index contributed by atoms with van der Waals surface area (Å²) in [5, 5.41) is 9.97. The molecule has 17 heavy (non-hydrogen) atoms. The molecule has 0 saturated heterocycles. The molecule has 1 aliphatic rings. The van der Waals surface area contributed by atoms with Crippen LogP contribution in [0, 0.1) is 0 Å². The lowest BCUT2D eigenvalue weighted by molar-refractivity contribution is -0.102. The van der Waals surface area contributed by atoms with Crippen LogP contribution in [0.2, 0.25) is 0 Å². The van der Waals surface area contributed by atoms with E-state index in [0.717, 1.165) is 18.6 Å². The average Bonchev–Trinajstić information content (AvgIpc) is 2.27. The zero-order valence-electron chi connectivity index (χ0n) is 9.67. The molecule has 1 aliphatic carbocycles. The number of nitrogens with two attached hydrogens (primary N) is 1. The van der Waals surface area contributed by atoms with Gasteiger partial charge in [0.2, 0.25) is 0 Å². The van der Waals surface area contributed by atoms with Crippen LogP contribution < -0.4 is 10.5 Å². The molecule has 0 unspecified atom stereocenters. The lowest BCUT2D eigenvalue weighted by Crippen LogP contribution is -2.47. The van der Waals surface area contributed by atoms with E-state index in [1.807, 2.05) is 24.3 Å². The fourth-order valence-corrected chi connectivity index (χ4v) is 2.14. The van der Waals surface area contributed by atoms with Crippen molar-refractivity contribution >= 4 is 6.03 Å². The van der Waals surface area contributed by atoms with Gasteiger partial charge in [-0.3, -0.25) is 5.21 Å². The third-order valence-electron chi connectivity index (χ3n) is 3.25. The molecule has 0 aromatic heterocycles. The van der Waals surface area contributed by atoms with Crippen molar-refractivity contribution < 1.29 is 14.7 Å². The van der Waals surface area contributed by atoms with E-state index in [4.69, 9.17) is 10.5 Å². The first-order chi connectivity index (χ1) is 8.11. The normalized spacial score (nSPS) is 22.7. The van der Waals surface area contributed by atoms with Gasteiger partial charge in [0.1, 0.15) is 5.75 Å². The Bertz CT molecular complexity index is 416. The number of carbonyl (C=O) groups is 1. The highest BCUT2D eigenvalue weighted by Crippen LogP contribution is 2.40. The van der Waals surface area contributed by atoms with Gasteiger partial charge in [-0.25, -0.2) is 9.86 Å². The molecule has 5 nitrogen and oxygen atoms in total. The summed E-state index contributed by atoms with van der Waals surface area (Å²) in [6.07, 6.45) is 1.46. The fraction of sp³-hybridized carbons (Fsp3) is 0.417. The molecule has 1 fully saturated rings. The maximum absolute atomic E-state index is 10.8. The number of nitrogens with zero attached hydrogens (tertiary/aromatic N) is 1. The zero-order valence-corrected chi connectivity index (χ0v) is 9.67. The molecule has 0 aliphatic heterocycles. The molecule has 92 valence electrons. The molecule has 5 heteroatoms. The van der Waals surface area contributed by atoms with Crippen molar-refractivity contribution in [2.24, 2.45) is 5.73 Å². The van der Waals surface area contributed by atoms with Crippen molar-refractivity contribution in [3.05, 3.63) is 29.8 Å². The minimum absolute atomic E-state index is 0.163. The number of ether oxygens (including phenoxy) is 1. The smallest absolute Gasteiger partial charge is 0.338 e. The lowest BCUT2D eigenvalue weighted by atomic mass is 9.75. The standard InChI is InChI=1S/C12H16N2O3/c1-17-11-4-2-3-8(7-11)9-5-10(6-9)14(16)12(13)15/h2-4,7,9-10,16H,5-6H2,1H3,(H2,13,15)/t9-,10-. The number of methoxy groups -OCH3 is 1. The van der Waals surface area contributed by atoms with E-state index >= 15 is 0 Å². The predicted octanol–water partition coefficient (Wildman–Crippen LogP) is 1.71. The molecule has 1 aromatic rings. The number of hydrogen-bond acceptors (Lipinski definition) is 3. The summed E-state index contributed by atoms with van der Waals surface area (Å²) < 4.78 is 5.15. The summed E-state index contributed by atoms with van der Waals surface area (Å²) >= 11 is 0. The topological polar surface area (TPSA) is 75.8 Å². The van der Waals surface area contributed by atoms with Gasteiger partial charge in [-0.15, -0.1) is 0 Å². The number of carbonyl (C=O) groups excluding carboxylic acids is 1. The van der Waals surface area contributed by atoms with Crippen molar-refractivity contribution in [2.75, 3.05) is 7.11 Å². The van der Waals surface area contributed by atoms with Gasteiger partial charge in [-0.05, 0) is 36.5 Å². The SMILES string of the molecule is COc1cccc([C@H]2C[C@H](N(O)C(N)=O)C2)c1. The summed E-state index contributed by atoms with van der Waals surface area (Å²) in [5.74, 6) is 1.17. The third kappa shape index (κ3) is 2.34. The van der Waals surface area contributed by atoms with E-state index in [9.17, 15) is 10.0 Å². The van der Waals surface area contributed by atoms with Gasteiger partial charge in [0, 0.05) is 0 Å². The predicted molar refractivity (Wildman–Crippen MR) is 62.0 cm³/mol. The Labute approximate surface area is 99.7 Å². The minimum atomic E-state index is -0.793. The molecule has 0 bridgehead atoms. The highest BCUT2D eigenvalue weighted by atomic mass is 16.5. The van der Waals surface area contributed by atoms with E-state index in [1.165, 1.54) is 5.56 Å². The summed E-state index contributed by atoms with van der Waals surface area (Å²) in [6.45, 7) is 0. The quantitative estimate of drug-likeness (QED) is 0.619. The van der Waals surface area contributed by atoms with Crippen LogP contribution in [0.5, 0.6) is 5.75 Å². The number of hydroxylamine groups is 2. The van der Waals surface area contributed by atoms with Crippen LogP contribution in [0.3, 0.4) is 0 Å². The molecule has 1 aromatic carbocycles. The van der Waals surface area contributed by atoms with Gasteiger partial charge < -0.3 is 10.5 Å². The van der Waals surface area contributed by atoms with Crippen molar-refractivity contribution in [2.45, 2.75) is 24.8 Å². The second-order valence-corrected chi connectivity index (χ2v) is 4.28. The van der Waals surface area contributed by atoms with Gasteiger partial charge in [-0.1, -0.05) is 12.1 Å². The van der Waals surface area contributed by atoms with Gasteiger partial charge in [0.25, 0.3) is 0 Å². The maximum atomic E-state index is 10.8. The average molecular weight is 236 g/mol. The molecule has 1 saturated carbocycles. The zero-order chi connectivity index (χ0) is 12.4. The molecule has 0 spiro atoms. The monoisotopic (exact) mass is 236 g/mol. The molecule has 0 atom stereocenters. The van der Waals surface area contributed by atoms with Crippen molar-refractivity contribution in [1.82, 2.24) is 5.06 Å². The first-order valence-electron chi connectivity index (χ1n) is 5.53. The fourth-order valence-electron chi connectivity index (χ4n) is 2.14. The number of urea groups is 1. The summed E-state index contributed by atoms with van der Waals surface area (Å²) in [6, 6.07) is 6.87. The van der Waals surface area contributed by atoms with Crippen LogP contribution in [-0.2, 0) is 0 Å². The minimum Gasteiger partial charge on any atom is -0.497 e. The molecule has 2 rings (SSSR count). The number of amides is 2. The van der Waals surface area contributed by atoms with Gasteiger partial charge in [-0.2, -0.15) is 0 Å². The Balaban J connectivity index is 1.97. The van der Waals surface area contributed by atoms with E-state index in [2.05, 4.69) is 0 Å². The number of rotatable bonds is 3. The van der Waals surface area contributed by atoms with E-state index < -0.39 is 6.03 Å². The van der Waals surface area contributed by atoms with Crippen molar-refractivity contribution in [1.29, 1.82) is 0 Å². The van der Waals surface area contributed by atoms with Crippen LogP contribution in [0.25, 0.3) is 0 Å². The van der Waals surface area contributed by atoms with Gasteiger partial charge in [0.05, 0.1) is 13.2 Å². The first-order valence-corrected chi connectivity index (χ1v) is 5.53. The molecular formula is C12H16N2O3. The number of primary amides is 1. The molecule has 0 heterocycles. The second kappa shape index (κ2) is 4.63. The Morgan fingerprint density at radius 2 is 2.24 bits per heavy atom. The Kier molecular flexibility index (Phi) is 3.19. The lowest BCUT2D eigenvalue weighted by Gasteiger charge is -2.39. The van der Waals surface area contributed by atoms with Crippen LogP contribution in [0.4, 0.5) is 4.79 Å². The van der Waals surface area contributed by atoms with E-state index in [-0.39, 0.29) is 6.04 Å². The van der Waals surface area contributed by atoms with E-state index in [1.54, 1.807) is 7.11 Å². The Hall–Kier alpha value is -1.75. The summed E-state index contributed by atoms with van der Waals surface area (Å²) in [5.41, 5.74) is 6.16. The van der Waals surface area contributed by atoms with Gasteiger partial charge >= 0.3 is 6.03 Å². The number of benzene rings is 1. The highest BCUT2D eigenvalue weighted by molar-refractivity contribution is 5.71. The maximum Gasteiger partial charge on any atom is 0.338 e. The largest absolute Gasteiger partial charge is 0.497 e. The molecule has 2 amide bonds. The highest BCUT2D eigenvalue weighted by Gasteiger charge is 2.35. The van der Waals surface area contributed by atoms with Crippen molar-refractivity contribution in [3.8, 4) is 5.75 Å². The van der Waals surface area contributed by atoms with E-state index in [0.29, 0.717) is 11.0 Å². The van der Waals surface area contributed by atoms with Crippen molar-refractivity contribution in [3.63, 3.8) is 0 Å². The number of hydrogen-bond donors (Lipinski definition) is 2.